The standard InChI is InChI=1S/C11H16N4O3/c1-15(6-5-8(16)18-2)11(17)10-12-9(13-14-10)7-3-4-7/h7H,3-6H2,1-2H3,(H,12,13,14). The molecule has 7 heteroatoms. The van der Waals surface area contributed by atoms with Crippen LogP contribution in [0.3, 0.4) is 0 Å². The molecule has 1 aliphatic carbocycles. The summed E-state index contributed by atoms with van der Waals surface area (Å²) in [7, 11) is 2.93. The Morgan fingerprint density at radius 3 is 2.83 bits per heavy atom. The number of rotatable bonds is 5. The van der Waals surface area contributed by atoms with Crippen LogP contribution < -0.4 is 0 Å². The number of ether oxygens (including phenoxy) is 1. The fourth-order valence-electron chi connectivity index (χ4n) is 1.54. The molecule has 1 N–H and O–H groups in total. The van der Waals surface area contributed by atoms with Gasteiger partial charge in [-0.25, -0.2) is 4.98 Å². The zero-order valence-corrected chi connectivity index (χ0v) is 10.5. The lowest BCUT2D eigenvalue weighted by Crippen LogP contribution is -2.30. The quantitative estimate of drug-likeness (QED) is 0.762. The van der Waals surface area contributed by atoms with Crippen LogP contribution in [0, 0.1) is 0 Å². The van der Waals surface area contributed by atoms with Crippen LogP contribution in [0.2, 0.25) is 0 Å². The summed E-state index contributed by atoms with van der Waals surface area (Å²) >= 11 is 0. The van der Waals surface area contributed by atoms with Gasteiger partial charge in [-0.15, -0.1) is 5.10 Å². The fraction of sp³-hybridized carbons (Fsp3) is 0.636. The lowest BCUT2D eigenvalue weighted by atomic mass is 10.3. The van der Waals surface area contributed by atoms with E-state index in [2.05, 4.69) is 19.9 Å². The molecule has 1 aliphatic rings. The molecule has 0 atom stereocenters. The van der Waals surface area contributed by atoms with Crippen molar-refractivity contribution < 1.29 is 14.3 Å². The maximum absolute atomic E-state index is 11.9. The van der Waals surface area contributed by atoms with Crippen molar-refractivity contribution in [3.63, 3.8) is 0 Å². The largest absolute Gasteiger partial charge is 0.469 e. The topological polar surface area (TPSA) is 88.2 Å². The monoisotopic (exact) mass is 252 g/mol. The van der Waals surface area contributed by atoms with Gasteiger partial charge < -0.3 is 9.64 Å². The van der Waals surface area contributed by atoms with Gasteiger partial charge in [-0.3, -0.25) is 14.7 Å². The molecule has 2 rings (SSSR count). The highest BCUT2D eigenvalue weighted by atomic mass is 16.5. The number of carbonyl (C=O) groups excluding carboxylic acids is 2. The van der Waals surface area contributed by atoms with Gasteiger partial charge in [0.05, 0.1) is 13.5 Å². The number of nitrogens with zero attached hydrogens (tertiary/aromatic N) is 3. The number of esters is 1. The van der Waals surface area contributed by atoms with Crippen molar-refractivity contribution in [3.8, 4) is 0 Å². The highest BCUT2D eigenvalue weighted by molar-refractivity contribution is 5.90. The number of aromatic nitrogens is 3. The molecule has 1 aromatic heterocycles. The summed E-state index contributed by atoms with van der Waals surface area (Å²) < 4.78 is 4.52. The van der Waals surface area contributed by atoms with Gasteiger partial charge in [0.2, 0.25) is 5.82 Å². The van der Waals surface area contributed by atoms with E-state index in [-0.39, 0.29) is 24.1 Å². The SMILES string of the molecule is COC(=O)CCN(C)C(=O)c1n[nH]c(C2CC2)n1. The summed E-state index contributed by atoms with van der Waals surface area (Å²) in [6, 6.07) is 0. The molecule has 1 amide bonds. The first-order valence-corrected chi connectivity index (χ1v) is 5.86. The van der Waals surface area contributed by atoms with Gasteiger partial charge in [-0.2, -0.15) is 0 Å². The molecule has 0 spiro atoms. The number of amides is 1. The third-order valence-corrected chi connectivity index (χ3v) is 2.88. The number of nitrogens with one attached hydrogen (secondary N) is 1. The van der Waals surface area contributed by atoms with E-state index in [1.807, 2.05) is 0 Å². The highest BCUT2D eigenvalue weighted by Gasteiger charge is 2.28. The van der Waals surface area contributed by atoms with Crippen molar-refractivity contribution in [1.82, 2.24) is 20.1 Å². The molecular weight excluding hydrogens is 236 g/mol. The minimum absolute atomic E-state index is 0.157. The smallest absolute Gasteiger partial charge is 0.307 e. The molecule has 0 aromatic carbocycles. The second kappa shape index (κ2) is 5.16. The van der Waals surface area contributed by atoms with Crippen molar-refractivity contribution in [1.29, 1.82) is 0 Å². The van der Waals surface area contributed by atoms with E-state index < -0.39 is 0 Å². The Balaban J connectivity index is 1.90. The number of H-pyrrole nitrogens is 1. The first kappa shape index (κ1) is 12.5. The third-order valence-electron chi connectivity index (χ3n) is 2.88. The van der Waals surface area contributed by atoms with Crippen LogP contribution in [0.4, 0.5) is 0 Å². The number of carbonyl (C=O) groups is 2. The molecule has 1 fully saturated rings. The maximum atomic E-state index is 11.9. The lowest BCUT2D eigenvalue weighted by Gasteiger charge is -2.13. The Morgan fingerprint density at radius 1 is 1.50 bits per heavy atom. The van der Waals surface area contributed by atoms with Crippen LogP contribution in [0.15, 0.2) is 0 Å². The van der Waals surface area contributed by atoms with Crippen LogP contribution >= 0.6 is 0 Å². The molecule has 7 nitrogen and oxygen atoms in total. The fourth-order valence-corrected chi connectivity index (χ4v) is 1.54. The molecule has 0 aliphatic heterocycles. The molecule has 0 saturated heterocycles. The van der Waals surface area contributed by atoms with E-state index in [0.717, 1.165) is 18.7 Å². The Bertz CT molecular complexity index is 453. The van der Waals surface area contributed by atoms with Gasteiger partial charge in [0.25, 0.3) is 5.91 Å². The van der Waals surface area contributed by atoms with Crippen LogP contribution in [0.5, 0.6) is 0 Å². The van der Waals surface area contributed by atoms with Crippen molar-refractivity contribution in [2.45, 2.75) is 25.2 Å². The average Bonchev–Trinajstić information content (AvgIpc) is 3.12. The molecule has 1 aromatic rings. The van der Waals surface area contributed by atoms with Crippen molar-refractivity contribution in [2.24, 2.45) is 0 Å². The normalized spacial score (nSPS) is 14.3. The second-order valence-electron chi connectivity index (χ2n) is 4.37. The minimum Gasteiger partial charge on any atom is -0.469 e. The van der Waals surface area contributed by atoms with E-state index in [4.69, 9.17) is 0 Å². The predicted octanol–water partition coefficient (Wildman–Crippen LogP) is 0.317. The summed E-state index contributed by atoms with van der Waals surface area (Å²) in [5, 5.41) is 6.68. The van der Waals surface area contributed by atoms with Crippen LogP contribution in [0.1, 0.15) is 41.6 Å². The molecule has 0 radical (unpaired) electrons. The van der Waals surface area contributed by atoms with E-state index in [1.54, 1.807) is 7.05 Å². The summed E-state index contributed by atoms with van der Waals surface area (Å²) in [4.78, 5) is 28.5. The summed E-state index contributed by atoms with van der Waals surface area (Å²) in [5.41, 5.74) is 0. The molecule has 1 saturated carbocycles. The van der Waals surface area contributed by atoms with Gasteiger partial charge in [-0.05, 0) is 12.8 Å². The van der Waals surface area contributed by atoms with Crippen LogP contribution in [-0.4, -0.2) is 52.7 Å². The lowest BCUT2D eigenvalue weighted by molar-refractivity contribution is -0.140. The summed E-state index contributed by atoms with van der Waals surface area (Å²) in [6.07, 6.45) is 2.36. The van der Waals surface area contributed by atoms with E-state index in [0.29, 0.717) is 12.5 Å². The Morgan fingerprint density at radius 2 is 2.22 bits per heavy atom. The molecular formula is C11H16N4O3. The average molecular weight is 252 g/mol. The highest BCUT2D eigenvalue weighted by Crippen LogP contribution is 2.37. The van der Waals surface area contributed by atoms with Gasteiger partial charge in [0, 0.05) is 19.5 Å². The van der Waals surface area contributed by atoms with Gasteiger partial charge in [0.15, 0.2) is 0 Å². The zero-order chi connectivity index (χ0) is 13.1. The van der Waals surface area contributed by atoms with Crippen molar-refractivity contribution >= 4 is 11.9 Å². The first-order valence-electron chi connectivity index (χ1n) is 5.86. The number of methoxy groups -OCH3 is 1. The molecule has 18 heavy (non-hydrogen) atoms. The Labute approximate surface area is 105 Å². The van der Waals surface area contributed by atoms with Crippen LogP contribution in [-0.2, 0) is 9.53 Å². The minimum atomic E-state index is -0.344. The van der Waals surface area contributed by atoms with E-state index in [1.165, 1.54) is 12.0 Å². The molecule has 0 unspecified atom stereocenters. The summed E-state index contributed by atoms with van der Waals surface area (Å²) in [5.74, 6) is 0.730. The van der Waals surface area contributed by atoms with E-state index in [9.17, 15) is 9.59 Å². The number of aromatic amines is 1. The van der Waals surface area contributed by atoms with Gasteiger partial charge >= 0.3 is 5.97 Å². The zero-order valence-electron chi connectivity index (χ0n) is 10.5. The Hall–Kier alpha value is -1.92. The number of hydrogen-bond donors (Lipinski definition) is 1. The number of hydrogen-bond acceptors (Lipinski definition) is 5. The van der Waals surface area contributed by atoms with Crippen LogP contribution in [0.25, 0.3) is 0 Å². The van der Waals surface area contributed by atoms with Crippen molar-refractivity contribution in [3.05, 3.63) is 11.6 Å². The maximum Gasteiger partial charge on any atom is 0.307 e. The predicted molar refractivity (Wildman–Crippen MR) is 62.0 cm³/mol. The van der Waals surface area contributed by atoms with Crippen molar-refractivity contribution in [2.75, 3.05) is 20.7 Å². The van der Waals surface area contributed by atoms with E-state index >= 15 is 0 Å². The molecule has 1 heterocycles. The molecule has 0 bridgehead atoms. The molecule has 98 valence electrons. The third kappa shape index (κ3) is 2.85. The second-order valence-corrected chi connectivity index (χ2v) is 4.37. The first-order chi connectivity index (χ1) is 8.61. The van der Waals surface area contributed by atoms with Gasteiger partial charge in [0.1, 0.15) is 5.82 Å². The Kier molecular flexibility index (Phi) is 3.59. The summed E-state index contributed by atoms with van der Waals surface area (Å²) in [6.45, 7) is 0.290. The van der Waals surface area contributed by atoms with Gasteiger partial charge in [-0.1, -0.05) is 0 Å².